The fraction of sp³-hybridized carbons (Fsp3) is 0.348. The van der Waals surface area contributed by atoms with Crippen LogP contribution in [0.5, 0.6) is 0 Å². The monoisotopic (exact) mass is 394 g/mol. The zero-order chi connectivity index (χ0) is 21.1. The molecule has 1 aliphatic heterocycles. The van der Waals surface area contributed by atoms with Gasteiger partial charge in [-0.15, -0.1) is 0 Å². The van der Waals surface area contributed by atoms with Gasteiger partial charge in [0.25, 0.3) is 11.7 Å². The third-order valence-electron chi connectivity index (χ3n) is 5.07. The maximum Gasteiger partial charge on any atom is 0.295 e. The first kappa shape index (κ1) is 20.7. The maximum atomic E-state index is 12.9. The number of hydrogen-bond donors (Lipinski definition) is 1. The number of hydrogen-bond acceptors (Lipinski definition) is 5. The molecule has 29 heavy (non-hydrogen) atoms. The van der Waals surface area contributed by atoms with Gasteiger partial charge in [-0.3, -0.25) is 14.6 Å². The van der Waals surface area contributed by atoms with Crippen LogP contribution in [0, 0.1) is 13.8 Å². The Bertz CT molecular complexity index is 951. The highest BCUT2D eigenvalue weighted by Gasteiger charge is 2.46. The van der Waals surface area contributed by atoms with Crippen LogP contribution in [0.4, 0.5) is 0 Å². The minimum absolute atomic E-state index is 0.00987. The Kier molecular flexibility index (Phi) is 6.13. The standard InChI is InChI=1S/C23H26N2O4/c1-14(2)29-12-11-25-20(18-7-5-6-10-24-18)19(22(27)23(25)28)21(26)17-9-8-15(3)16(4)13-17/h5-10,13-14,20,26H,11-12H2,1-4H3/b21-19-. The molecule has 2 heterocycles. The van der Waals surface area contributed by atoms with E-state index in [0.29, 0.717) is 11.3 Å². The van der Waals surface area contributed by atoms with E-state index < -0.39 is 17.7 Å². The molecule has 3 rings (SSSR count). The first-order valence-corrected chi connectivity index (χ1v) is 9.69. The summed E-state index contributed by atoms with van der Waals surface area (Å²) < 4.78 is 5.58. The van der Waals surface area contributed by atoms with Crippen molar-refractivity contribution < 1.29 is 19.4 Å². The number of benzene rings is 1. The molecule has 1 aromatic carbocycles. The fourth-order valence-corrected chi connectivity index (χ4v) is 3.39. The minimum Gasteiger partial charge on any atom is -0.507 e. The summed E-state index contributed by atoms with van der Waals surface area (Å²) >= 11 is 0. The Morgan fingerprint density at radius 1 is 1.17 bits per heavy atom. The van der Waals surface area contributed by atoms with E-state index in [0.717, 1.165) is 11.1 Å². The summed E-state index contributed by atoms with van der Waals surface area (Å²) in [6.45, 7) is 8.24. The van der Waals surface area contributed by atoms with Crippen LogP contribution >= 0.6 is 0 Å². The molecule has 0 spiro atoms. The molecule has 0 aliphatic carbocycles. The van der Waals surface area contributed by atoms with Gasteiger partial charge in [0.15, 0.2) is 0 Å². The van der Waals surface area contributed by atoms with E-state index in [1.807, 2.05) is 39.8 Å². The molecule has 1 saturated heterocycles. The summed E-state index contributed by atoms with van der Waals surface area (Å²) in [5.41, 5.74) is 3.16. The molecule has 1 atom stereocenters. The fourth-order valence-electron chi connectivity index (χ4n) is 3.39. The molecular weight excluding hydrogens is 368 g/mol. The summed E-state index contributed by atoms with van der Waals surface area (Å²) in [5, 5.41) is 11.0. The average Bonchev–Trinajstić information content (AvgIpc) is 2.95. The molecule has 1 amide bonds. The number of aliphatic hydroxyl groups excluding tert-OH is 1. The van der Waals surface area contributed by atoms with E-state index in [1.54, 1.807) is 30.5 Å². The number of ether oxygens (including phenoxy) is 1. The van der Waals surface area contributed by atoms with Crippen molar-refractivity contribution in [1.82, 2.24) is 9.88 Å². The van der Waals surface area contributed by atoms with Crippen molar-refractivity contribution in [3.8, 4) is 0 Å². The van der Waals surface area contributed by atoms with E-state index >= 15 is 0 Å². The topological polar surface area (TPSA) is 79.7 Å². The number of carbonyl (C=O) groups is 2. The van der Waals surface area contributed by atoms with Crippen molar-refractivity contribution in [1.29, 1.82) is 0 Å². The predicted molar refractivity (Wildman–Crippen MR) is 110 cm³/mol. The molecule has 6 heteroatoms. The molecule has 0 bridgehead atoms. The van der Waals surface area contributed by atoms with Crippen molar-refractivity contribution in [3.05, 3.63) is 70.6 Å². The summed E-state index contributed by atoms with van der Waals surface area (Å²) in [6.07, 6.45) is 1.62. The van der Waals surface area contributed by atoms with Crippen LogP contribution in [0.1, 0.15) is 42.3 Å². The molecule has 0 saturated carbocycles. The van der Waals surface area contributed by atoms with Gasteiger partial charge in [0.2, 0.25) is 0 Å². The van der Waals surface area contributed by atoms with Crippen molar-refractivity contribution in [2.24, 2.45) is 0 Å². The molecule has 1 fully saturated rings. The van der Waals surface area contributed by atoms with Gasteiger partial charge in [0.05, 0.1) is 24.0 Å². The molecule has 1 aromatic heterocycles. The molecular formula is C23H26N2O4. The van der Waals surface area contributed by atoms with Crippen LogP contribution in [0.15, 0.2) is 48.2 Å². The van der Waals surface area contributed by atoms with Crippen LogP contribution < -0.4 is 0 Å². The Balaban J connectivity index is 2.09. The third kappa shape index (κ3) is 4.22. The van der Waals surface area contributed by atoms with Gasteiger partial charge < -0.3 is 14.7 Å². The van der Waals surface area contributed by atoms with E-state index in [1.165, 1.54) is 4.90 Å². The van der Waals surface area contributed by atoms with Crippen molar-refractivity contribution in [2.45, 2.75) is 39.8 Å². The van der Waals surface area contributed by atoms with Crippen molar-refractivity contribution in [3.63, 3.8) is 0 Å². The first-order valence-electron chi connectivity index (χ1n) is 9.69. The second-order valence-corrected chi connectivity index (χ2v) is 7.47. The number of likely N-dealkylation sites (tertiary alicyclic amines) is 1. The Labute approximate surface area is 170 Å². The quantitative estimate of drug-likeness (QED) is 0.460. The number of rotatable bonds is 6. The summed E-state index contributed by atoms with van der Waals surface area (Å²) in [7, 11) is 0. The molecule has 1 unspecified atom stereocenters. The van der Waals surface area contributed by atoms with Crippen LogP contribution in [0.25, 0.3) is 5.76 Å². The van der Waals surface area contributed by atoms with E-state index in [4.69, 9.17) is 4.74 Å². The predicted octanol–water partition coefficient (Wildman–Crippen LogP) is 3.55. The van der Waals surface area contributed by atoms with Gasteiger partial charge in [-0.1, -0.05) is 18.2 Å². The van der Waals surface area contributed by atoms with Gasteiger partial charge in [0.1, 0.15) is 11.8 Å². The molecule has 1 N–H and O–H groups in total. The van der Waals surface area contributed by atoms with Gasteiger partial charge in [-0.25, -0.2) is 0 Å². The lowest BCUT2D eigenvalue weighted by atomic mass is 9.96. The average molecular weight is 394 g/mol. The molecule has 6 nitrogen and oxygen atoms in total. The lowest BCUT2D eigenvalue weighted by molar-refractivity contribution is -0.140. The number of aryl methyl sites for hydroxylation is 2. The Hall–Kier alpha value is -2.99. The van der Waals surface area contributed by atoms with Crippen LogP contribution in [-0.2, 0) is 14.3 Å². The zero-order valence-corrected chi connectivity index (χ0v) is 17.2. The highest BCUT2D eigenvalue weighted by molar-refractivity contribution is 6.46. The lowest BCUT2D eigenvalue weighted by Crippen LogP contribution is -2.33. The normalized spacial score (nSPS) is 18.7. The van der Waals surface area contributed by atoms with Crippen LogP contribution in [-0.4, -0.2) is 45.9 Å². The number of carbonyl (C=O) groups excluding carboxylic acids is 2. The van der Waals surface area contributed by atoms with Gasteiger partial charge >= 0.3 is 0 Å². The minimum atomic E-state index is -0.756. The van der Waals surface area contributed by atoms with Crippen molar-refractivity contribution >= 4 is 17.4 Å². The Morgan fingerprint density at radius 2 is 1.93 bits per heavy atom. The number of aliphatic hydroxyl groups is 1. The third-order valence-corrected chi connectivity index (χ3v) is 5.07. The number of nitrogens with zero attached hydrogens (tertiary/aromatic N) is 2. The van der Waals surface area contributed by atoms with Crippen LogP contribution in [0.2, 0.25) is 0 Å². The molecule has 0 radical (unpaired) electrons. The summed E-state index contributed by atoms with van der Waals surface area (Å²) in [4.78, 5) is 31.4. The molecule has 152 valence electrons. The summed E-state index contributed by atoms with van der Waals surface area (Å²) in [5.74, 6) is -1.55. The van der Waals surface area contributed by atoms with Gasteiger partial charge in [-0.2, -0.15) is 0 Å². The smallest absolute Gasteiger partial charge is 0.295 e. The maximum absolute atomic E-state index is 12.9. The Morgan fingerprint density at radius 3 is 2.55 bits per heavy atom. The van der Waals surface area contributed by atoms with E-state index in [-0.39, 0.29) is 30.6 Å². The SMILES string of the molecule is Cc1ccc(/C(O)=C2/C(=O)C(=O)N(CCOC(C)C)C2c2ccccn2)cc1C. The lowest BCUT2D eigenvalue weighted by Gasteiger charge is -2.24. The van der Waals surface area contributed by atoms with Gasteiger partial charge in [0, 0.05) is 18.3 Å². The van der Waals surface area contributed by atoms with Crippen LogP contribution in [0.3, 0.4) is 0 Å². The first-order chi connectivity index (χ1) is 13.8. The molecule has 2 aromatic rings. The highest BCUT2D eigenvalue weighted by Crippen LogP contribution is 2.38. The zero-order valence-electron chi connectivity index (χ0n) is 17.2. The molecule has 1 aliphatic rings. The number of ketones is 1. The largest absolute Gasteiger partial charge is 0.507 e. The van der Waals surface area contributed by atoms with Gasteiger partial charge in [-0.05, 0) is 57.0 Å². The second kappa shape index (κ2) is 8.57. The highest BCUT2D eigenvalue weighted by atomic mass is 16.5. The van der Waals surface area contributed by atoms with Crippen molar-refractivity contribution in [2.75, 3.05) is 13.2 Å². The van der Waals surface area contributed by atoms with E-state index in [2.05, 4.69) is 4.98 Å². The number of aromatic nitrogens is 1. The number of pyridine rings is 1. The number of amides is 1. The summed E-state index contributed by atoms with van der Waals surface area (Å²) in [6, 6.07) is 10.0. The second-order valence-electron chi connectivity index (χ2n) is 7.47. The number of Topliss-reactive ketones (excluding diaryl/α,β-unsaturated/α-hetero) is 1. The van der Waals surface area contributed by atoms with E-state index in [9.17, 15) is 14.7 Å².